The smallest absolute Gasteiger partial charge is 0.278 e. The molecule has 0 fully saturated rings. The zero-order valence-corrected chi connectivity index (χ0v) is 9.39. The SMILES string of the molecule is CNC(=O)SCCCSC(=O)NC. The lowest BCUT2D eigenvalue weighted by Gasteiger charge is -1.99. The van der Waals surface area contributed by atoms with Crippen LogP contribution in [0.25, 0.3) is 0 Å². The fourth-order valence-corrected chi connectivity index (χ4v) is 1.95. The minimum Gasteiger partial charge on any atom is -0.350 e. The maximum atomic E-state index is 10.7. The molecule has 0 heterocycles. The summed E-state index contributed by atoms with van der Waals surface area (Å²) in [6.45, 7) is 0. The van der Waals surface area contributed by atoms with E-state index < -0.39 is 0 Å². The monoisotopic (exact) mass is 222 g/mol. The minimum absolute atomic E-state index is 0.0232. The maximum absolute atomic E-state index is 10.7. The van der Waals surface area contributed by atoms with E-state index in [1.807, 2.05) is 0 Å². The van der Waals surface area contributed by atoms with Gasteiger partial charge in [0.15, 0.2) is 0 Å². The molecule has 2 N–H and O–H groups in total. The molecule has 0 aromatic heterocycles. The van der Waals surface area contributed by atoms with Crippen LogP contribution in [0.2, 0.25) is 0 Å². The molecular formula is C7H14N2O2S2. The van der Waals surface area contributed by atoms with Crippen molar-refractivity contribution >= 4 is 34.0 Å². The second-order valence-electron chi connectivity index (χ2n) is 2.13. The molecule has 0 aliphatic rings. The van der Waals surface area contributed by atoms with Crippen molar-refractivity contribution in [3.63, 3.8) is 0 Å². The van der Waals surface area contributed by atoms with Gasteiger partial charge in [0.1, 0.15) is 0 Å². The van der Waals surface area contributed by atoms with E-state index in [1.54, 1.807) is 14.1 Å². The fourth-order valence-electron chi connectivity index (χ4n) is 0.533. The second-order valence-corrected chi connectivity index (χ2v) is 4.26. The first-order chi connectivity index (χ1) is 6.20. The normalized spacial score (nSPS) is 9.38. The minimum atomic E-state index is -0.0232. The largest absolute Gasteiger partial charge is 0.350 e. The number of hydrogen-bond acceptors (Lipinski definition) is 4. The molecule has 2 amide bonds. The third-order valence-electron chi connectivity index (χ3n) is 1.16. The zero-order valence-electron chi connectivity index (χ0n) is 7.75. The van der Waals surface area contributed by atoms with Crippen LogP contribution in [0, 0.1) is 0 Å². The summed E-state index contributed by atoms with van der Waals surface area (Å²) in [5.41, 5.74) is 0. The van der Waals surface area contributed by atoms with E-state index in [0.717, 1.165) is 17.9 Å². The molecule has 0 saturated heterocycles. The van der Waals surface area contributed by atoms with Crippen LogP contribution in [0.15, 0.2) is 0 Å². The lowest BCUT2D eigenvalue weighted by molar-refractivity contribution is 0.261. The van der Waals surface area contributed by atoms with E-state index in [-0.39, 0.29) is 10.5 Å². The summed E-state index contributed by atoms with van der Waals surface area (Å²) >= 11 is 2.48. The van der Waals surface area contributed by atoms with Gasteiger partial charge in [-0.3, -0.25) is 9.59 Å². The van der Waals surface area contributed by atoms with E-state index in [1.165, 1.54) is 23.5 Å². The predicted octanol–water partition coefficient (Wildman–Crippen LogP) is 1.52. The predicted molar refractivity (Wildman–Crippen MR) is 58.4 cm³/mol. The molecule has 0 radical (unpaired) electrons. The summed E-state index contributed by atoms with van der Waals surface area (Å²) in [4.78, 5) is 21.5. The van der Waals surface area contributed by atoms with E-state index >= 15 is 0 Å². The third kappa shape index (κ3) is 7.98. The highest BCUT2D eigenvalue weighted by molar-refractivity contribution is 8.14. The molecule has 76 valence electrons. The van der Waals surface area contributed by atoms with Gasteiger partial charge in [0.05, 0.1) is 0 Å². The molecule has 0 saturated carbocycles. The number of carbonyl (C=O) groups is 2. The summed E-state index contributed by atoms with van der Waals surface area (Å²) in [6, 6.07) is 0. The van der Waals surface area contributed by atoms with Crippen molar-refractivity contribution in [2.75, 3.05) is 25.6 Å². The Morgan fingerprint density at radius 3 is 1.69 bits per heavy atom. The van der Waals surface area contributed by atoms with Crippen LogP contribution < -0.4 is 10.6 Å². The molecule has 0 rings (SSSR count). The molecule has 4 nitrogen and oxygen atoms in total. The second kappa shape index (κ2) is 8.25. The zero-order chi connectivity index (χ0) is 10.1. The average Bonchev–Trinajstić information content (AvgIpc) is 2.16. The van der Waals surface area contributed by atoms with Gasteiger partial charge < -0.3 is 10.6 Å². The first-order valence-corrected chi connectivity index (χ1v) is 5.87. The third-order valence-corrected chi connectivity index (χ3v) is 3.08. The van der Waals surface area contributed by atoms with Gasteiger partial charge in [-0.2, -0.15) is 0 Å². The number of carbonyl (C=O) groups excluding carboxylic acids is 2. The Morgan fingerprint density at radius 2 is 1.38 bits per heavy atom. The quantitative estimate of drug-likeness (QED) is 0.708. The number of amides is 2. The Balaban J connectivity index is 3.17. The van der Waals surface area contributed by atoms with E-state index in [2.05, 4.69) is 10.6 Å². The Kier molecular flexibility index (Phi) is 8.02. The van der Waals surface area contributed by atoms with Crippen molar-refractivity contribution in [2.45, 2.75) is 6.42 Å². The highest BCUT2D eigenvalue weighted by Crippen LogP contribution is 2.08. The van der Waals surface area contributed by atoms with E-state index in [4.69, 9.17) is 0 Å². The van der Waals surface area contributed by atoms with Gasteiger partial charge in [-0.05, 0) is 6.42 Å². The molecule has 0 bridgehead atoms. The van der Waals surface area contributed by atoms with Crippen molar-refractivity contribution in [1.29, 1.82) is 0 Å². The highest BCUT2D eigenvalue weighted by Gasteiger charge is 2.00. The van der Waals surface area contributed by atoms with Crippen molar-refractivity contribution < 1.29 is 9.59 Å². The molecule has 0 aliphatic heterocycles. The van der Waals surface area contributed by atoms with Gasteiger partial charge in [-0.25, -0.2) is 0 Å². The summed E-state index contributed by atoms with van der Waals surface area (Å²) in [6.07, 6.45) is 0.857. The van der Waals surface area contributed by atoms with Gasteiger partial charge in [0.25, 0.3) is 10.5 Å². The first-order valence-electron chi connectivity index (χ1n) is 3.89. The number of rotatable bonds is 4. The highest BCUT2D eigenvalue weighted by atomic mass is 32.2. The van der Waals surface area contributed by atoms with Crippen molar-refractivity contribution in [1.82, 2.24) is 10.6 Å². The number of nitrogens with one attached hydrogen (secondary N) is 2. The van der Waals surface area contributed by atoms with Crippen LogP contribution in [0.1, 0.15) is 6.42 Å². The van der Waals surface area contributed by atoms with Crippen LogP contribution in [0.4, 0.5) is 9.59 Å². The van der Waals surface area contributed by atoms with Gasteiger partial charge in [-0.1, -0.05) is 23.5 Å². The van der Waals surface area contributed by atoms with Crippen molar-refractivity contribution in [3.8, 4) is 0 Å². The van der Waals surface area contributed by atoms with Gasteiger partial charge >= 0.3 is 0 Å². The molecule has 0 aromatic carbocycles. The molecule has 13 heavy (non-hydrogen) atoms. The van der Waals surface area contributed by atoms with Gasteiger partial charge in [0.2, 0.25) is 0 Å². The number of hydrogen-bond donors (Lipinski definition) is 2. The van der Waals surface area contributed by atoms with Crippen LogP contribution in [-0.2, 0) is 0 Å². The molecule has 0 aliphatic carbocycles. The Labute approximate surface area is 86.6 Å². The van der Waals surface area contributed by atoms with E-state index in [0.29, 0.717) is 0 Å². The van der Waals surface area contributed by atoms with Crippen LogP contribution in [-0.4, -0.2) is 36.1 Å². The maximum Gasteiger partial charge on any atom is 0.278 e. The molecule has 0 unspecified atom stereocenters. The molecule has 0 spiro atoms. The topological polar surface area (TPSA) is 58.2 Å². The molecule has 6 heteroatoms. The van der Waals surface area contributed by atoms with Crippen LogP contribution in [0.5, 0.6) is 0 Å². The Morgan fingerprint density at radius 1 is 1.00 bits per heavy atom. The van der Waals surface area contributed by atoms with Gasteiger partial charge in [0, 0.05) is 25.6 Å². The van der Waals surface area contributed by atoms with Gasteiger partial charge in [-0.15, -0.1) is 0 Å². The van der Waals surface area contributed by atoms with E-state index in [9.17, 15) is 9.59 Å². The summed E-state index contributed by atoms with van der Waals surface area (Å²) in [5.74, 6) is 1.51. The molecule has 0 atom stereocenters. The summed E-state index contributed by atoms with van der Waals surface area (Å²) in [5, 5.41) is 4.98. The first kappa shape index (κ1) is 12.6. The lowest BCUT2D eigenvalue weighted by atomic mass is 10.6. The number of thioether (sulfide) groups is 2. The molecular weight excluding hydrogens is 208 g/mol. The molecule has 0 aromatic rings. The lowest BCUT2D eigenvalue weighted by Crippen LogP contribution is -2.13. The van der Waals surface area contributed by atoms with Crippen molar-refractivity contribution in [3.05, 3.63) is 0 Å². The Bertz CT molecular complexity index is 158. The van der Waals surface area contributed by atoms with Crippen LogP contribution >= 0.6 is 23.5 Å². The van der Waals surface area contributed by atoms with Crippen LogP contribution in [0.3, 0.4) is 0 Å². The average molecular weight is 222 g/mol. The standard InChI is InChI=1S/C7H14N2O2S2/c1-8-6(10)12-4-3-5-13-7(11)9-2/h3-5H2,1-2H3,(H,8,10)(H,9,11). The fraction of sp³-hybridized carbons (Fsp3) is 0.714. The Hall–Kier alpha value is -0.360. The summed E-state index contributed by atoms with van der Waals surface area (Å²) < 4.78 is 0. The van der Waals surface area contributed by atoms with Crippen molar-refractivity contribution in [2.24, 2.45) is 0 Å². The summed E-state index contributed by atoms with van der Waals surface area (Å²) in [7, 11) is 3.21.